The minimum atomic E-state index is -0.238. The molecule has 132 valence electrons. The number of hydrogen-bond donors (Lipinski definition) is 1. The van der Waals surface area contributed by atoms with Crippen molar-refractivity contribution in [3.05, 3.63) is 54.6 Å². The van der Waals surface area contributed by atoms with Crippen LogP contribution in [0.2, 0.25) is 0 Å². The van der Waals surface area contributed by atoms with Crippen molar-refractivity contribution in [3.8, 4) is 22.9 Å². The maximum atomic E-state index is 12.1. The zero-order chi connectivity index (χ0) is 17.8. The first-order chi connectivity index (χ1) is 12.8. The van der Waals surface area contributed by atoms with Gasteiger partial charge >= 0.3 is 0 Å². The van der Waals surface area contributed by atoms with Crippen LogP contribution in [0.5, 0.6) is 11.5 Å². The second-order valence-electron chi connectivity index (χ2n) is 5.81. The first-order valence-electron chi connectivity index (χ1n) is 8.26. The summed E-state index contributed by atoms with van der Waals surface area (Å²) in [6.07, 6.45) is -0.238. The summed E-state index contributed by atoms with van der Waals surface area (Å²) in [4.78, 5) is 13.4. The molecule has 0 unspecified atom stereocenters. The third-order valence-corrected chi connectivity index (χ3v) is 3.86. The number of hydrogen-bond acceptors (Lipinski definition) is 6. The number of carbonyl (C=O) groups is 1. The summed E-state index contributed by atoms with van der Waals surface area (Å²) in [7, 11) is 0. The van der Waals surface area contributed by atoms with E-state index >= 15 is 0 Å². The topological polar surface area (TPSA) is 91.2 Å². The van der Waals surface area contributed by atoms with E-state index in [-0.39, 0.29) is 18.6 Å². The molecule has 1 aromatic heterocycles. The minimum absolute atomic E-state index is 0.00992. The number of amides is 1. The first-order valence-corrected chi connectivity index (χ1v) is 8.26. The summed E-state index contributed by atoms with van der Waals surface area (Å²) in [5, 5.41) is 14.9. The fourth-order valence-electron chi connectivity index (χ4n) is 2.59. The molecule has 8 heteroatoms. The standard InChI is InChI=1S/C18H17N5O3/c24-17(11-23-21-18(20-22-23)13-6-2-1-3-7-13)19-10-14-12-25-15-8-4-5-9-16(15)26-14/h1-9,14H,10-12H2,(H,19,24)/t14-/m0/s1. The molecule has 0 aliphatic carbocycles. The van der Waals surface area contributed by atoms with Crippen LogP contribution >= 0.6 is 0 Å². The summed E-state index contributed by atoms with van der Waals surface area (Å²) < 4.78 is 11.4. The molecule has 26 heavy (non-hydrogen) atoms. The third kappa shape index (κ3) is 3.64. The van der Waals surface area contributed by atoms with Gasteiger partial charge in [0.25, 0.3) is 0 Å². The van der Waals surface area contributed by atoms with Gasteiger partial charge in [-0.3, -0.25) is 4.79 Å². The molecule has 1 N–H and O–H groups in total. The molecule has 2 aromatic carbocycles. The van der Waals surface area contributed by atoms with Crippen molar-refractivity contribution in [2.75, 3.05) is 13.2 Å². The lowest BCUT2D eigenvalue weighted by molar-refractivity contribution is -0.122. The molecule has 0 fully saturated rings. The van der Waals surface area contributed by atoms with Crippen LogP contribution in [0.1, 0.15) is 0 Å². The Morgan fingerprint density at radius 2 is 1.88 bits per heavy atom. The number of fused-ring (bicyclic) bond motifs is 1. The summed E-state index contributed by atoms with van der Waals surface area (Å²) in [5.41, 5.74) is 0.852. The Labute approximate surface area is 149 Å². The van der Waals surface area contributed by atoms with Gasteiger partial charge in [-0.05, 0) is 17.3 Å². The molecule has 0 spiro atoms. The Bertz CT molecular complexity index is 897. The lowest BCUT2D eigenvalue weighted by Gasteiger charge is -2.26. The number of nitrogens with zero attached hydrogens (tertiary/aromatic N) is 4. The zero-order valence-electron chi connectivity index (χ0n) is 13.9. The lowest BCUT2D eigenvalue weighted by Crippen LogP contribution is -2.41. The molecular formula is C18H17N5O3. The van der Waals surface area contributed by atoms with Crippen molar-refractivity contribution in [2.45, 2.75) is 12.6 Å². The maximum absolute atomic E-state index is 12.1. The lowest BCUT2D eigenvalue weighted by atomic mass is 10.2. The largest absolute Gasteiger partial charge is 0.486 e. The van der Waals surface area contributed by atoms with Crippen molar-refractivity contribution >= 4 is 5.91 Å². The van der Waals surface area contributed by atoms with Gasteiger partial charge in [0.15, 0.2) is 11.5 Å². The number of ether oxygens (including phenoxy) is 2. The van der Waals surface area contributed by atoms with Gasteiger partial charge in [-0.15, -0.1) is 10.2 Å². The summed E-state index contributed by atoms with van der Waals surface area (Å²) in [5.74, 6) is 1.67. The van der Waals surface area contributed by atoms with E-state index in [0.717, 1.165) is 11.3 Å². The molecule has 4 rings (SSSR count). The Balaban J connectivity index is 1.29. The predicted molar refractivity (Wildman–Crippen MR) is 92.6 cm³/mol. The molecule has 1 aliphatic heterocycles. The monoisotopic (exact) mass is 351 g/mol. The molecular weight excluding hydrogens is 334 g/mol. The fraction of sp³-hybridized carbons (Fsp3) is 0.222. The maximum Gasteiger partial charge on any atom is 0.243 e. The quantitative estimate of drug-likeness (QED) is 0.745. The minimum Gasteiger partial charge on any atom is -0.486 e. The predicted octanol–water partition coefficient (Wildman–Crippen LogP) is 1.30. The highest BCUT2D eigenvalue weighted by Gasteiger charge is 2.21. The number of para-hydroxylation sites is 2. The summed E-state index contributed by atoms with van der Waals surface area (Å²) in [6, 6.07) is 16.9. The van der Waals surface area contributed by atoms with Crippen LogP contribution in [0.15, 0.2) is 54.6 Å². The molecule has 0 saturated heterocycles. The van der Waals surface area contributed by atoms with E-state index in [4.69, 9.17) is 9.47 Å². The van der Waals surface area contributed by atoms with Crippen molar-refractivity contribution in [2.24, 2.45) is 0 Å². The van der Waals surface area contributed by atoms with Crippen LogP contribution in [-0.4, -0.2) is 45.4 Å². The fourth-order valence-corrected chi connectivity index (χ4v) is 2.59. The molecule has 0 radical (unpaired) electrons. The van der Waals surface area contributed by atoms with E-state index in [0.29, 0.717) is 24.7 Å². The Morgan fingerprint density at radius 1 is 1.12 bits per heavy atom. The third-order valence-electron chi connectivity index (χ3n) is 3.86. The molecule has 0 saturated carbocycles. The average molecular weight is 351 g/mol. The summed E-state index contributed by atoms with van der Waals surface area (Å²) >= 11 is 0. The van der Waals surface area contributed by atoms with Crippen LogP contribution in [0.3, 0.4) is 0 Å². The number of tetrazole rings is 1. The molecule has 3 aromatic rings. The number of nitrogens with one attached hydrogen (secondary N) is 1. The number of benzene rings is 2. The zero-order valence-corrected chi connectivity index (χ0v) is 13.9. The first kappa shape index (κ1) is 16.1. The van der Waals surface area contributed by atoms with E-state index in [1.165, 1.54) is 4.80 Å². The smallest absolute Gasteiger partial charge is 0.243 e. The van der Waals surface area contributed by atoms with Crippen LogP contribution < -0.4 is 14.8 Å². The van der Waals surface area contributed by atoms with E-state index < -0.39 is 0 Å². The Hall–Kier alpha value is -3.42. The SMILES string of the molecule is O=C(Cn1nnc(-c2ccccc2)n1)NC[C@H]1COc2ccccc2O1. The highest BCUT2D eigenvalue weighted by Crippen LogP contribution is 2.30. The van der Waals surface area contributed by atoms with Crippen molar-refractivity contribution in [1.82, 2.24) is 25.5 Å². The van der Waals surface area contributed by atoms with Crippen LogP contribution in [-0.2, 0) is 11.3 Å². The van der Waals surface area contributed by atoms with Gasteiger partial charge in [-0.2, -0.15) is 4.80 Å². The Morgan fingerprint density at radius 3 is 2.73 bits per heavy atom. The summed E-state index contributed by atoms with van der Waals surface area (Å²) in [6.45, 7) is 0.717. The van der Waals surface area contributed by atoms with E-state index in [9.17, 15) is 4.79 Å². The van der Waals surface area contributed by atoms with Gasteiger partial charge in [0.2, 0.25) is 11.7 Å². The Kier molecular flexibility index (Phi) is 4.46. The highest BCUT2D eigenvalue weighted by atomic mass is 16.6. The van der Waals surface area contributed by atoms with Crippen LogP contribution in [0.4, 0.5) is 0 Å². The van der Waals surface area contributed by atoms with Gasteiger partial charge in [-0.25, -0.2) is 0 Å². The molecule has 2 heterocycles. The number of rotatable bonds is 5. The van der Waals surface area contributed by atoms with Crippen LogP contribution in [0.25, 0.3) is 11.4 Å². The van der Waals surface area contributed by atoms with Crippen molar-refractivity contribution in [3.63, 3.8) is 0 Å². The number of aromatic nitrogens is 4. The number of carbonyl (C=O) groups excluding carboxylic acids is 1. The average Bonchev–Trinajstić information content (AvgIpc) is 3.15. The second-order valence-corrected chi connectivity index (χ2v) is 5.81. The van der Waals surface area contributed by atoms with Gasteiger partial charge in [0.1, 0.15) is 19.3 Å². The van der Waals surface area contributed by atoms with Gasteiger partial charge in [0.05, 0.1) is 6.54 Å². The van der Waals surface area contributed by atoms with Gasteiger partial charge < -0.3 is 14.8 Å². The molecule has 1 aliphatic rings. The molecule has 1 atom stereocenters. The highest BCUT2D eigenvalue weighted by molar-refractivity contribution is 5.75. The van der Waals surface area contributed by atoms with E-state index in [1.54, 1.807) is 0 Å². The normalized spacial score (nSPS) is 15.5. The van der Waals surface area contributed by atoms with Gasteiger partial charge in [0, 0.05) is 5.56 Å². The van der Waals surface area contributed by atoms with Crippen molar-refractivity contribution < 1.29 is 14.3 Å². The molecule has 0 bridgehead atoms. The molecule has 1 amide bonds. The van der Waals surface area contributed by atoms with Crippen LogP contribution in [0, 0.1) is 0 Å². The van der Waals surface area contributed by atoms with E-state index in [1.807, 2.05) is 54.6 Å². The van der Waals surface area contributed by atoms with E-state index in [2.05, 4.69) is 20.7 Å². The van der Waals surface area contributed by atoms with Gasteiger partial charge in [-0.1, -0.05) is 42.5 Å². The molecule has 8 nitrogen and oxygen atoms in total. The second kappa shape index (κ2) is 7.22. The van der Waals surface area contributed by atoms with Crippen molar-refractivity contribution in [1.29, 1.82) is 0 Å².